The summed E-state index contributed by atoms with van der Waals surface area (Å²) in [4.78, 5) is 14.2. The van der Waals surface area contributed by atoms with Gasteiger partial charge in [-0.25, -0.2) is 0 Å². The van der Waals surface area contributed by atoms with E-state index in [2.05, 4.69) is 6.07 Å². The van der Waals surface area contributed by atoms with E-state index in [-0.39, 0.29) is 23.3 Å². The van der Waals surface area contributed by atoms with Crippen molar-refractivity contribution in [3.8, 4) is 6.07 Å². The predicted octanol–water partition coefficient (Wildman–Crippen LogP) is 1.56. The monoisotopic (exact) mass is 236 g/mol. The van der Waals surface area contributed by atoms with Gasteiger partial charge in [0.25, 0.3) is 0 Å². The minimum Gasteiger partial charge on any atom is -0.378 e. The highest BCUT2D eigenvalue weighted by atomic mass is 16.5. The smallest absolute Gasteiger partial charge is 0.228 e. The fourth-order valence-electron chi connectivity index (χ4n) is 2.62. The second-order valence-corrected chi connectivity index (χ2v) is 5.47. The molecule has 0 aromatic heterocycles. The second-order valence-electron chi connectivity index (χ2n) is 5.47. The number of hydrogen-bond donors (Lipinski definition) is 0. The first-order valence-corrected chi connectivity index (χ1v) is 6.37. The van der Waals surface area contributed by atoms with Crippen molar-refractivity contribution < 1.29 is 9.53 Å². The predicted molar refractivity (Wildman–Crippen MR) is 63.1 cm³/mol. The Morgan fingerprint density at radius 1 is 1.47 bits per heavy atom. The van der Waals surface area contributed by atoms with E-state index in [9.17, 15) is 4.79 Å². The van der Waals surface area contributed by atoms with Gasteiger partial charge in [0, 0.05) is 19.7 Å². The molecule has 0 N–H and O–H groups in total. The van der Waals surface area contributed by atoms with Gasteiger partial charge in [-0.05, 0) is 33.1 Å². The maximum atomic E-state index is 12.3. The molecular formula is C13H20N2O2. The number of nitriles is 1. The summed E-state index contributed by atoms with van der Waals surface area (Å²) in [5, 5.41) is 9.06. The maximum Gasteiger partial charge on any atom is 0.228 e. The van der Waals surface area contributed by atoms with Gasteiger partial charge in [0.15, 0.2) is 0 Å². The van der Waals surface area contributed by atoms with Crippen LogP contribution in [0.2, 0.25) is 0 Å². The lowest BCUT2D eigenvalue weighted by Crippen LogP contribution is -2.45. The van der Waals surface area contributed by atoms with Crippen LogP contribution in [0.4, 0.5) is 0 Å². The first kappa shape index (κ1) is 12.4. The molecular weight excluding hydrogens is 216 g/mol. The molecule has 0 bridgehead atoms. The summed E-state index contributed by atoms with van der Waals surface area (Å²) in [5.41, 5.74) is -0.241. The fourth-order valence-corrected chi connectivity index (χ4v) is 2.62. The standard InChI is InChI=1S/C13H20N2O2/c1-10-11(3-8-17-10)12(16)15-6-4-13(2,9-14)5-7-15/h10-11H,3-8H2,1-2H3. The minimum absolute atomic E-state index is 0.0291. The van der Waals surface area contributed by atoms with Gasteiger partial charge in [0.05, 0.1) is 23.5 Å². The van der Waals surface area contributed by atoms with Crippen molar-refractivity contribution in [1.29, 1.82) is 5.26 Å². The Bertz CT molecular complexity index is 340. The first-order chi connectivity index (χ1) is 8.06. The molecule has 2 aliphatic rings. The maximum absolute atomic E-state index is 12.3. The number of hydrogen-bond acceptors (Lipinski definition) is 3. The number of amides is 1. The van der Waals surface area contributed by atoms with Gasteiger partial charge in [-0.2, -0.15) is 5.26 Å². The largest absolute Gasteiger partial charge is 0.378 e. The zero-order valence-electron chi connectivity index (χ0n) is 10.6. The van der Waals surface area contributed by atoms with E-state index in [4.69, 9.17) is 10.00 Å². The number of ether oxygens (including phenoxy) is 1. The summed E-state index contributed by atoms with van der Waals surface area (Å²) >= 11 is 0. The molecule has 0 saturated carbocycles. The summed E-state index contributed by atoms with van der Waals surface area (Å²) in [6.45, 7) is 6.08. The summed E-state index contributed by atoms with van der Waals surface area (Å²) in [6, 6.07) is 2.36. The van der Waals surface area contributed by atoms with E-state index in [1.165, 1.54) is 0 Å². The molecule has 0 aliphatic carbocycles. The summed E-state index contributed by atoms with van der Waals surface area (Å²) in [5.74, 6) is 0.247. The van der Waals surface area contributed by atoms with Crippen LogP contribution in [0, 0.1) is 22.7 Å². The van der Waals surface area contributed by atoms with Crippen LogP contribution in [-0.2, 0) is 9.53 Å². The Labute approximate surface area is 103 Å². The van der Waals surface area contributed by atoms with Gasteiger partial charge in [0.2, 0.25) is 5.91 Å². The third-order valence-electron chi connectivity index (χ3n) is 4.14. The topological polar surface area (TPSA) is 53.3 Å². The molecule has 0 spiro atoms. The van der Waals surface area contributed by atoms with E-state index in [0.717, 1.165) is 19.3 Å². The zero-order valence-corrected chi connectivity index (χ0v) is 10.6. The highest BCUT2D eigenvalue weighted by molar-refractivity contribution is 5.79. The summed E-state index contributed by atoms with van der Waals surface area (Å²) < 4.78 is 5.44. The van der Waals surface area contributed by atoms with Gasteiger partial charge < -0.3 is 9.64 Å². The van der Waals surface area contributed by atoms with Crippen molar-refractivity contribution in [3.05, 3.63) is 0 Å². The third-order valence-corrected chi connectivity index (χ3v) is 4.14. The molecule has 17 heavy (non-hydrogen) atoms. The van der Waals surface area contributed by atoms with Crippen LogP contribution in [-0.4, -0.2) is 36.6 Å². The van der Waals surface area contributed by atoms with Crippen molar-refractivity contribution in [3.63, 3.8) is 0 Å². The lowest BCUT2D eigenvalue weighted by molar-refractivity contribution is -0.138. The second kappa shape index (κ2) is 4.66. The Balaban J connectivity index is 1.93. The average molecular weight is 236 g/mol. The Morgan fingerprint density at radius 2 is 2.12 bits per heavy atom. The van der Waals surface area contributed by atoms with Gasteiger partial charge >= 0.3 is 0 Å². The Kier molecular flexibility index (Phi) is 3.39. The summed E-state index contributed by atoms with van der Waals surface area (Å²) in [7, 11) is 0. The van der Waals surface area contributed by atoms with Crippen LogP contribution in [0.15, 0.2) is 0 Å². The summed E-state index contributed by atoms with van der Waals surface area (Å²) in [6.07, 6.45) is 2.47. The number of carbonyl (C=O) groups excluding carboxylic acids is 1. The van der Waals surface area contributed by atoms with Crippen molar-refractivity contribution in [2.75, 3.05) is 19.7 Å². The highest BCUT2D eigenvalue weighted by Gasteiger charge is 2.37. The van der Waals surface area contributed by atoms with Gasteiger partial charge in [-0.1, -0.05) is 0 Å². The minimum atomic E-state index is -0.241. The van der Waals surface area contributed by atoms with Gasteiger partial charge in [-0.3, -0.25) is 4.79 Å². The van der Waals surface area contributed by atoms with E-state index in [1.54, 1.807) is 0 Å². The molecule has 2 fully saturated rings. The van der Waals surface area contributed by atoms with Crippen LogP contribution >= 0.6 is 0 Å². The van der Waals surface area contributed by atoms with E-state index < -0.39 is 0 Å². The lowest BCUT2D eigenvalue weighted by Gasteiger charge is -2.36. The average Bonchev–Trinajstić information content (AvgIpc) is 2.76. The number of carbonyl (C=O) groups is 1. The SMILES string of the molecule is CC1OCCC1C(=O)N1CCC(C)(C#N)CC1. The number of nitrogens with zero attached hydrogens (tertiary/aromatic N) is 2. The molecule has 2 heterocycles. The number of likely N-dealkylation sites (tertiary alicyclic amines) is 1. The molecule has 1 amide bonds. The molecule has 0 aromatic rings. The normalized spacial score (nSPS) is 32.2. The molecule has 2 saturated heterocycles. The highest BCUT2D eigenvalue weighted by Crippen LogP contribution is 2.31. The van der Waals surface area contributed by atoms with Crippen molar-refractivity contribution in [2.24, 2.45) is 11.3 Å². The molecule has 94 valence electrons. The van der Waals surface area contributed by atoms with E-state index in [1.807, 2.05) is 18.7 Å². The van der Waals surface area contributed by atoms with E-state index >= 15 is 0 Å². The molecule has 2 atom stereocenters. The molecule has 4 nitrogen and oxygen atoms in total. The van der Waals surface area contributed by atoms with Crippen molar-refractivity contribution in [1.82, 2.24) is 4.90 Å². The van der Waals surface area contributed by atoms with Crippen LogP contribution in [0.5, 0.6) is 0 Å². The lowest BCUT2D eigenvalue weighted by atomic mass is 9.81. The van der Waals surface area contributed by atoms with E-state index in [0.29, 0.717) is 19.7 Å². The Hall–Kier alpha value is -1.08. The quantitative estimate of drug-likeness (QED) is 0.694. The molecule has 4 heteroatoms. The van der Waals surface area contributed by atoms with Crippen molar-refractivity contribution in [2.45, 2.75) is 39.2 Å². The Morgan fingerprint density at radius 3 is 2.59 bits per heavy atom. The third kappa shape index (κ3) is 2.44. The number of rotatable bonds is 1. The van der Waals surface area contributed by atoms with Gasteiger partial charge in [0.1, 0.15) is 0 Å². The zero-order chi connectivity index (χ0) is 12.5. The molecule has 2 rings (SSSR count). The first-order valence-electron chi connectivity index (χ1n) is 6.37. The number of piperidine rings is 1. The molecule has 0 aromatic carbocycles. The van der Waals surface area contributed by atoms with Crippen LogP contribution in [0.1, 0.15) is 33.1 Å². The van der Waals surface area contributed by atoms with Crippen LogP contribution in [0.25, 0.3) is 0 Å². The fraction of sp³-hybridized carbons (Fsp3) is 0.846. The van der Waals surface area contributed by atoms with Crippen LogP contribution in [0.3, 0.4) is 0 Å². The van der Waals surface area contributed by atoms with Crippen molar-refractivity contribution >= 4 is 5.91 Å². The van der Waals surface area contributed by atoms with Crippen LogP contribution < -0.4 is 0 Å². The van der Waals surface area contributed by atoms with Gasteiger partial charge in [-0.15, -0.1) is 0 Å². The molecule has 2 unspecified atom stereocenters. The molecule has 2 aliphatic heterocycles. The molecule has 0 radical (unpaired) electrons.